The zero-order valence-corrected chi connectivity index (χ0v) is 15.1. The number of anilines is 1. The molecule has 2 aromatic carbocycles. The molecule has 128 valence electrons. The van der Waals surface area contributed by atoms with Crippen LogP contribution in [-0.2, 0) is 10.0 Å². The third kappa shape index (κ3) is 4.58. The van der Waals surface area contributed by atoms with E-state index in [0.29, 0.717) is 16.8 Å². The third-order valence-electron chi connectivity index (χ3n) is 3.80. The number of hydrogen-bond acceptors (Lipinski definition) is 3. The van der Waals surface area contributed by atoms with E-state index in [0.717, 1.165) is 17.4 Å². The van der Waals surface area contributed by atoms with Crippen molar-refractivity contribution < 1.29 is 13.2 Å². The first-order chi connectivity index (χ1) is 11.2. The third-order valence-corrected chi connectivity index (χ3v) is 4.39. The van der Waals surface area contributed by atoms with E-state index in [4.69, 9.17) is 0 Å². The number of benzene rings is 2. The fraction of sp³-hybridized carbons (Fsp3) is 0.278. The zero-order chi connectivity index (χ0) is 17.9. The molecule has 2 aromatic rings. The summed E-state index contributed by atoms with van der Waals surface area (Å²) in [5.41, 5.74) is 3.62. The summed E-state index contributed by atoms with van der Waals surface area (Å²) in [5.74, 6) is -0.238. The summed E-state index contributed by atoms with van der Waals surface area (Å²) in [6.07, 6.45) is 1.08. The smallest absolute Gasteiger partial charge is 0.252 e. The molecule has 0 aliphatic rings. The van der Waals surface area contributed by atoms with Gasteiger partial charge in [0.2, 0.25) is 10.0 Å². The Balaban J connectivity index is 2.20. The highest BCUT2D eigenvalue weighted by Crippen LogP contribution is 2.21. The molecule has 0 saturated heterocycles. The number of hydrogen-bond donors (Lipinski definition) is 2. The van der Waals surface area contributed by atoms with Gasteiger partial charge in [0.05, 0.1) is 18.0 Å². The maximum absolute atomic E-state index is 12.5. The summed E-state index contributed by atoms with van der Waals surface area (Å²) in [4.78, 5) is 12.5. The topological polar surface area (TPSA) is 75.3 Å². The van der Waals surface area contributed by atoms with Crippen molar-refractivity contribution in [3.63, 3.8) is 0 Å². The molecule has 0 aliphatic carbocycles. The average molecular weight is 346 g/mol. The van der Waals surface area contributed by atoms with E-state index in [2.05, 4.69) is 10.0 Å². The average Bonchev–Trinajstić information content (AvgIpc) is 2.48. The molecule has 1 atom stereocenters. The SMILES string of the molecule is Cc1ccc([C@H](C)NC(=O)c2cccc(NS(C)(=O)=O)c2C)cc1. The Morgan fingerprint density at radius 1 is 1.04 bits per heavy atom. The maximum Gasteiger partial charge on any atom is 0.252 e. The molecule has 24 heavy (non-hydrogen) atoms. The van der Waals surface area contributed by atoms with Crippen LogP contribution in [0.2, 0.25) is 0 Å². The van der Waals surface area contributed by atoms with Gasteiger partial charge in [0.15, 0.2) is 0 Å². The van der Waals surface area contributed by atoms with Crippen LogP contribution in [0.25, 0.3) is 0 Å². The highest BCUT2D eigenvalue weighted by Gasteiger charge is 2.16. The van der Waals surface area contributed by atoms with Gasteiger partial charge in [-0.2, -0.15) is 0 Å². The number of nitrogens with one attached hydrogen (secondary N) is 2. The van der Waals surface area contributed by atoms with E-state index in [1.54, 1.807) is 25.1 Å². The quantitative estimate of drug-likeness (QED) is 0.873. The summed E-state index contributed by atoms with van der Waals surface area (Å²) in [6.45, 7) is 5.64. The van der Waals surface area contributed by atoms with E-state index in [9.17, 15) is 13.2 Å². The van der Waals surface area contributed by atoms with Gasteiger partial charge in [-0.25, -0.2) is 8.42 Å². The Labute approximate surface area is 143 Å². The van der Waals surface area contributed by atoms with Crippen molar-refractivity contribution in [2.45, 2.75) is 26.8 Å². The van der Waals surface area contributed by atoms with Crippen LogP contribution in [0.4, 0.5) is 5.69 Å². The van der Waals surface area contributed by atoms with Crippen molar-refractivity contribution in [2.24, 2.45) is 0 Å². The molecular formula is C18H22N2O3S. The summed E-state index contributed by atoms with van der Waals surface area (Å²) in [5, 5.41) is 2.95. The van der Waals surface area contributed by atoms with Crippen LogP contribution in [0.3, 0.4) is 0 Å². The standard InChI is InChI=1S/C18H22N2O3S/c1-12-8-10-15(11-9-12)14(3)19-18(21)16-6-5-7-17(13(16)2)20-24(4,22)23/h5-11,14,20H,1-4H3,(H,19,21)/t14-/m0/s1. The van der Waals surface area contributed by atoms with E-state index >= 15 is 0 Å². The molecule has 0 heterocycles. The molecule has 2 rings (SSSR count). The molecule has 2 N–H and O–H groups in total. The summed E-state index contributed by atoms with van der Waals surface area (Å²) >= 11 is 0. The predicted molar refractivity (Wildman–Crippen MR) is 96.7 cm³/mol. The van der Waals surface area contributed by atoms with Gasteiger partial charge in [-0.1, -0.05) is 35.9 Å². The minimum Gasteiger partial charge on any atom is -0.346 e. The van der Waals surface area contributed by atoms with Crippen molar-refractivity contribution in [1.82, 2.24) is 5.32 Å². The van der Waals surface area contributed by atoms with Gasteiger partial charge < -0.3 is 5.32 Å². The lowest BCUT2D eigenvalue weighted by molar-refractivity contribution is 0.0939. The lowest BCUT2D eigenvalue weighted by Crippen LogP contribution is -2.27. The van der Waals surface area contributed by atoms with Gasteiger partial charge in [0.1, 0.15) is 0 Å². The van der Waals surface area contributed by atoms with Gasteiger partial charge in [-0.05, 0) is 44.0 Å². The van der Waals surface area contributed by atoms with Gasteiger partial charge in [-0.15, -0.1) is 0 Å². The van der Waals surface area contributed by atoms with Gasteiger partial charge >= 0.3 is 0 Å². The minimum atomic E-state index is -3.39. The van der Waals surface area contributed by atoms with Crippen LogP contribution in [0, 0.1) is 13.8 Å². The largest absolute Gasteiger partial charge is 0.346 e. The molecule has 0 spiro atoms. The second-order valence-corrected chi connectivity index (χ2v) is 7.71. The van der Waals surface area contributed by atoms with Crippen LogP contribution in [0.1, 0.15) is 40.0 Å². The maximum atomic E-state index is 12.5. The zero-order valence-electron chi connectivity index (χ0n) is 14.3. The number of amides is 1. The molecule has 0 fully saturated rings. The molecule has 0 bridgehead atoms. The normalized spacial score (nSPS) is 12.5. The molecule has 0 saturated carbocycles. The Hall–Kier alpha value is -2.34. The first-order valence-corrected chi connectivity index (χ1v) is 9.51. The van der Waals surface area contributed by atoms with Crippen molar-refractivity contribution in [2.75, 3.05) is 11.0 Å². The minimum absolute atomic E-state index is 0.149. The number of rotatable bonds is 5. The van der Waals surface area contributed by atoms with Crippen molar-refractivity contribution >= 4 is 21.6 Å². The Kier molecular flexibility index (Phi) is 5.29. The highest BCUT2D eigenvalue weighted by atomic mass is 32.2. The van der Waals surface area contributed by atoms with Crippen molar-refractivity contribution in [3.8, 4) is 0 Å². The van der Waals surface area contributed by atoms with Crippen molar-refractivity contribution in [1.29, 1.82) is 0 Å². The number of aryl methyl sites for hydroxylation is 1. The van der Waals surface area contributed by atoms with E-state index in [-0.39, 0.29) is 11.9 Å². The fourth-order valence-corrected chi connectivity index (χ4v) is 3.03. The Bertz CT molecular complexity index is 843. The first kappa shape index (κ1) is 18.0. The van der Waals surface area contributed by atoms with Crippen LogP contribution < -0.4 is 10.0 Å². The summed E-state index contributed by atoms with van der Waals surface area (Å²) < 4.78 is 25.3. The Morgan fingerprint density at radius 2 is 1.67 bits per heavy atom. The van der Waals surface area contributed by atoms with Gasteiger partial charge in [0, 0.05) is 5.56 Å². The van der Waals surface area contributed by atoms with E-state index in [1.807, 2.05) is 38.1 Å². The van der Waals surface area contributed by atoms with Gasteiger partial charge in [-0.3, -0.25) is 9.52 Å². The highest BCUT2D eigenvalue weighted by molar-refractivity contribution is 7.92. The van der Waals surface area contributed by atoms with Crippen molar-refractivity contribution in [3.05, 3.63) is 64.7 Å². The van der Waals surface area contributed by atoms with Crippen LogP contribution in [0.15, 0.2) is 42.5 Å². The number of sulfonamides is 1. The summed E-state index contributed by atoms with van der Waals surface area (Å²) in [6, 6.07) is 12.8. The van der Waals surface area contributed by atoms with E-state index in [1.165, 1.54) is 0 Å². The molecular weight excluding hydrogens is 324 g/mol. The molecule has 0 radical (unpaired) electrons. The molecule has 0 unspecified atom stereocenters. The van der Waals surface area contributed by atoms with Crippen LogP contribution >= 0.6 is 0 Å². The number of carbonyl (C=O) groups excluding carboxylic acids is 1. The lowest BCUT2D eigenvalue weighted by atomic mass is 10.0. The molecule has 5 nitrogen and oxygen atoms in total. The van der Waals surface area contributed by atoms with Gasteiger partial charge in [0.25, 0.3) is 5.91 Å². The van der Waals surface area contributed by atoms with Crippen LogP contribution in [0.5, 0.6) is 0 Å². The Morgan fingerprint density at radius 3 is 2.25 bits per heavy atom. The molecule has 1 amide bonds. The second kappa shape index (κ2) is 7.05. The predicted octanol–water partition coefficient (Wildman–Crippen LogP) is 3.17. The van der Waals surface area contributed by atoms with E-state index < -0.39 is 10.0 Å². The summed E-state index contributed by atoms with van der Waals surface area (Å²) in [7, 11) is -3.39. The second-order valence-electron chi connectivity index (χ2n) is 5.96. The number of carbonyl (C=O) groups is 1. The van der Waals surface area contributed by atoms with Crippen LogP contribution in [-0.4, -0.2) is 20.6 Å². The lowest BCUT2D eigenvalue weighted by Gasteiger charge is -2.17. The molecule has 0 aromatic heterocycles. The molecule has 0 aliphatic heterocycles. The first-order valence-electron chi connectivity index (χ1n) is 7.62. The monoisotopic (exact) mass is 346 g/mol. The molecule has 6 heteroatoms. The fourth-order valence-electron chi connectivity index (χ4n) is 2.40.